The van der Waals surface area contributed by atoms with E-state index in [1.807, 2.05) is 33.0 Å². The van der Waals surface area contributed by atoms with Gasteiger partial charge in [0.25, 0.3) is 0 Å². The molecule has 2 N–H and O–H groups in total. The maximum absolute atomic E-state index is 9.84. The Bertz CT molecular complexity index is 325. The van der Waals surface area contributed by atoms with Crippen molar-refractivity contribution in [1.82, 2.24) is 5.32 Å². The van der Waals surface area contributed by atoms with E-state index in [0.717, 1.165) is 21.2 Å². The summed E-state index contributed by atoms with van der Waals surface area (Å²) in [6.45, 7) is 4.62. The second-order valence-corrected chi connectivity index (χ2v) is 4.39. The van der Waals surface area contributed by atoms with Crippen LogP contribution < -0.4 is 5.32 Å². The zero-order chi connectivity index (χ0) is 10.7. The number of halogens is 1. The van der Waals surface area contributed by atoms with Crippen molar-refractivity contribution < 1.29 is 5.11 Å². The lowest BCUT2D eigenvalue weighted by atomic mass is 10.0. The van der Waals surface area contributed by atoms with Gasteiger partial charge in [-0.3, -0.25) is 0 Å². The predicted octanol–water partition coefficient (Wildman–Crippen LogP) is 2.32. The number of benzene rings is 1. The number of hydrogen-bond acceptors (Lipinski definition) is 2. The van der Waals surface area contributed by atoms with E-state index in [9.17, 15) is 5.11 Å². The Labute approximate surface area is 93.5 Å². The third-order valence-corrected chi connectivity index (χ3v) is 3.16. The Morgan fingerprint density at radius 2 is 2.00 bits per heavy atom. The molecular weight excluding hydrogens is 242 g/mol. The molecule has 0 radical (unpaired) electrons. The first-order valence-corrected chi connectivity index (χ1v) is 5.45. The van der Waals surface area contributed by atoms with E-state index in [1.54, 1.807) is 0 Å². The predicted molar refractivity (Wildman–Crippen MR) is 62.5 cm³/mol. The Hall–Kier alpha value is -0.380. The highest BCUT2D eigenvalue weighted by Gasteiger charge is 2.10. The molecule has 0 aliphatic heterocycles. The molecule has 0 amide bonds. The molecule has 1 rings (SSSR count). The summed E-state index contributed by atoms with van der Waals surface area (Å²) < 4.78 is 1.09. The van der Waals surface area contributed by atoms with Gasteiger partial charge in [-0.1, -0.05) is 22.0 Å². The summed E-state index contributed by atoms with van der Waals surface area (Å²) in [5.41, 5.74) is 3.27. The number of rotatable bonds is 3. The van der Waals surface area contributed by atoms with Gasteiger partial charge in [0.05, 0.1) is 6.10 Å². The van der Waals surface area contributed by atoms with E-state index >= 15 is 0 Å². The fourth-order valence-corrected chi connectivity index (χ4v) is 1.92. The Morgan fingerprint density at radius 1 is 1.36 bits per heavy atom. The smallest absolute Gasteiger partial charge is 0.0916 e. The number of nitrogens with one attached hydrogen (secondary N) is 1. The van der Waals surface area contributed by atoms with Crippen molar-refractivity contribution >= 4 is 15.9 Å². The van der Waals surface area contributed by atoms with Crippen molar-refractivity contribution in [2.75, 3.05) is 13.6 Å². The molecule has 2 nitrogen and oxygen atoms in total. The molecule has 0 spiro atoms. The van der Waals surface area contributed by atoms with E-state index < -0.39 is 6.10 Å². The van der Waals surface area contributed by atoms with Crippen LogP contribution in [0.5, 0.6) is 0 Å². The van der Waals surface area contributed by atoms with Crippen molar-refractivity contribution in [3.05, 3.63) is 33.3 Å². The minimum Gasteiger partial charge on any atom is -0.387 e. The second kappa shape index (κ2) is 4.91. The number of aliphatic hydroxyl groups excluding tert-OH is 1. The van der Waals surface area contributed by atoms with Crippen LogP contribution in [0.3, 0.4) is 0 Å². The van der Waals surface area contributed by atoms with E-state index in [-0.39, 0.29) is 0 Å². The lowest BCUT2D eigenvalue weighted by Gasteiger charge is -2.14. The number of hydrogen-bond donors (Lipinski definition) is 2. The highest BCUT2D eigenvalue weighted by Crippen LogP contribution is 2.24. The summed E-state index contributed by atoms with van der Waals surface area (Å²) in [6.07, 6.45) is -0.424. The van der Waals surface area contributed by atoms with Crippen molar-refractivity contribution in [2.24, 2.45) is 0 Å². The van der Waals surface area contributed by atoms with Gasteiger partial charge in [0.1, 0.15) is 0 Å². The average molecular weight is 258 g/mol. The fourth-order valence-electron chi connectivity index (χ4n) is 1.47. The van der Waals surface area contributed by atoms with Crippen LogP contribution in [0.4, 0.5) is 0 Å². The first-order chi connectivity index (χ1) is 6.56. The molecule has 0 heterocycles. The largest absolute Gasteiger partial charge is 0.387 e. The van der Waals surface area contributed by atoms with Crippen molar-refractivity contribution in [1.29, 1.82) is 0 Å². The zero-order valence-electron chi connectivity index (χ0n) is 8.76. The summed E-state index contributed by atoms with van der Waals surface area (Å²) in [5.74, 6) is 0. The van der Waals surface area contributed by atoms with Crippen LogP contribution >= 0.6 is 15.9 Å². The Kier molecular flexibility index (Phi) is 4.11. The molecule has 0 aliphatic carbocycles. The van der Waals surface area contributed by atoms with Crippen LogP contribution in [0.25, 0.3) is 0 Å². The fraction of sp³-hybridized carbons (Fsp3) is 0.455. The standard InChI is InChI=1S/C11H16BrNO/c1-7-5-10(12)8(2)4-9(7)11(14)6-13-3/h4-5,11,13-14H,6H2,1-3H3. The summed E-state index contributed by atoms with van der Waals surface area (Å²) in [7, 11) is 1.84. The quantitative estimate of drug-likeness (QED) is 0.872. The molecule has 0 saturated carbocycles. The molecule has 0 fully saturated rings. The second-order valence-electron chi connectivity index (χ2n) is 3.53. The number of aliphatic hydroxyl groups is 1. The maximum Gasteiger partial charge on any atom is 0.0916 e. The van der Waals surface area contributed by atoms with Crippen LogP contribution in [0.15, 0.2) is 16.6 Å². The third kappa shape index (κ3) is 2.56. The molecule has 0 bridgehead atoms. The maximum atomic E-state index is 9.84. The Balaban J connectivity index is 3.02. The normalized spacial score (nSPS) is 12.9. The van der Waals surface area contributed by atoms with Crippen molar-refractivity contribution in [3.8, 4) is 0 Å². The molecule has 0 aromatic heterocycles. The highest BCUT2D eigenvalue weighted by molar-refractivity contribution is 9.10. The van der Waals surface area contributed by atoms with Gasteiger partial charge >= 0.3 is 0 Å². The van der Waals surface area contributed by atoms with Gasteiger partial charge in [-0.2, -0.15) is 0 Å². The van der Waals surface area contributed by atoms with Crippen LogP contribution in [0, 0.1) is 13.8 Å². The van der Waals surface area contributed by atoms with Crippen LogP contribution in [0.1, 0.15) is 22.8 Å². The highest BCUT2D eigenvalue weighted by atomic mass is 79.9. The summed E-state index contributed by atoms with van der Waals surface area (Å²) in [6, 6.07) is 4.07. The van der Waals surface area contributed by atoms with Gasteiger partial charge in [-0.25, -0.2) is 0 Å². The minimum atomic E-state index is -0.424. The number of likely N-dealkylation sites (N-methyl/N-ethyl adjacent to an activating group) is 1. The van der Waals surface area contributed by atoms with Gasteiger partial charge in [0, 0.05) is 11.0 Å². The lowest BCUT2D eigenvalue weighted by molar-refractivity contribution is 0.177. The molecule has 0 aliphatic rings. The molecule has 0 saturated heterocycles. The SMILES string of the molecule is CNCC(O)c1cc(C)c(Br)cc1C. The summed E-state index contributed by atoms with van der Waals surface area (Å²) in [5, 5.41) is 12.8. The summed E-state index contributed by atoms with van der Waals surface area (Å²) in [4.78, 5) is 0. The summed E-state index contributed by atoms with van der Waals surface area (Å²) >= 11 is 3.47. The average Bonchev–Trinajstić information content (AvgIpc) is 2.11. The van der Waals surface area contributed by atoms with Crippen LogP contribution in [-0.4, -0.2) is 18.7 Å². The first-order valence-electron chi connectivity index (χ1n) is 4.65. The van der Waals surface area contributed by atoms with Gasteiger partial charge in [-0.05, 0) is 43.7 Å². The van der Waals surface area contributed by atoms with Crippen molar-refractivity contribution in [2.45, 2.75) is 20.0 Å². The first kappa shape index (κ1) is 11.7. The van der Waals surface area contributed by atoms with Gasteiger partial charge in [-0.15, -0.1) is 0 Å². The van der Waals surface area contributed by atoms with E-state index in [0.29, 0.717) is 6.54 Å². The zero-order valence-corrected chi connectivity index (χ0v) is 10.4. The van der Waals surface area contributed by atoms with E-state index in [2.05, 4.69) is 21.2 Å². The van der Waals surface area contributed by atoms with E-state index in [1.165, 1.54) is 0 Å². The van der Waals surface area contributed by atoms with Crippen LogP contribution in [0.2, 0.25) is 0 Å². The Morgan fingerprint density at radius 3 is 2.57 bits per heavy atom. The molecule has 1 aromatic carbocycles. The van der Waals surface area contributed by atoms with E-state index in [4.69, 9.17) is 0 Å². The molecular formula is C11H16BrNO. The van der Waals surface area contributed by atoms with Gasteiger partial charge in [0.15, 0.2) is 0 Å². The molecule has 1 unspecified atom stereocenters. The monoisotopic (exact) mass is 257 g/mol. The third-order valence-electron chi connectivity index (χ3n) is 2.30. The van der Waals surface area contributed by atoms with Gasteiger partial charge < -0.3 is 10.4 Å². The minimum absolute atomic E-state index is 0.424. The molecule has 78 valence electrons. The molecule has 14 heavy (non-hydrogen) atoms. The van der Waals surface area contributed by atoms with Crippen molar-refractivity contribution in [3.63, 3.8) is 0 Å². The molecule has 1 atom stereocenters. The van der Waals surface area contributed by atoms with Crippen LogP contribution in [-0.2, 0) is 0 Å². The van der Waals surface area contributed by atoms with Gasteiger partial charge in [0.2, 0.25) is 0 Å². The topological polar surface area (TPSA) is 32.3 Å². The molecule has 1 aromatic rings. The molecule has 3 heteroatoms. The number of aryl methyl sites for hydroxylation is 2. The lowest BCUT2D eigenvalue weighted by Crippen LogP contribution is -2.17.